The monoisotopic (exact) mass is 367 g/mol. The van der Waals surface area contributed by atoms with Crippen LogP contribution in [-0.2, 0) is 11.2 Å². The Balaban J connectivity index is 0.00000288. The molecule has 2 rings (SSSR count). The van der Waals surface area contributed by atoms with Gasteiger partial charge in [0.25, 0.3) is 0 Å². The minimum absolute atomic E-state index is 0. The molecule has 0 bridgehead atoms. The molecule has 130 valence electrons. The second-order valence-electron chi connectivity index (χ2n) is 5.36. The van der Waals surface area contributed by atoms with E-state index in [1.165, 1.54) is 5.56 Å². The van der Waals surface area contributed by atoms with Gasteiger partial charge in [0.1, 0.15) is 0 Å². The van der Waals surface area contributed by atoms with E-state index < -0.39 is 0 Å². The van der Waals surface area contributed by atoms with E-state index in [0.29, 0.717) is 24.7 Å². The van der Waals surface area contributed by atoms with Crippen molar-refractivity contribution in [2.24, 2.45) is 5.73 Å². The van der Waals surface area contributed by atoms with Crippen molar-refractivity contribution in [1.82, 2.24) is 4.90 Å². The lowest BCUT2D eigenvalue weighted by Gasteiger charge is -2.21. The predicted molar refractivity (Wildman–Crippen MR) is 103 cm³/mol. The van der Waals surface area contributed by atoms with Gasteiger partial charge in [-0.15, -0.1) is 12.4 Å². The number of hydrogen-bond acceptors (Lipinski definition) is 3. The zero-order chi connectivity index (χ0) is 16.5. The number of rotatable bonds is 8. The molecule has 1 amide bonds. The molecule has 2 aromatic carbocycles. The van der Waals surface area contributed by atoms with E-state index in [0.717, 1.165) is 18.7 Å². The summed E-state index contributed by atoms with van der Waals surface area (Å²) in [5.41, 5.74) is 7.66. The number of nitrogens with two attached hydrogens (primary N) is 1. The molecule has 2 aromatic rings. The lowest BCUT2D eigenvalue weighted by molar-refractivity contribution is -0.117. The van der Waals surface area contributed by atoms with Crippen molar-refractivity contribution in [3.8, 4) is 0 Å². The molecule has 0 saturated carbocycles. The summed E-state index contributed by atoms with van der Waals surface area (Å²) < 4.78 is 0. The molecule has 4 nitrogen and oxygen atoms in total. The number of benzene rings is 2. The Bertz CT molecular complexity index is 605. The SMILES string of the molecule is Cl.NCCN(CCc1ccccc1)CC(=O)Nc1ccc(Cl)cc1. The summed E-state index contributed by atoms with van der Waals surface area (Å²) in [5.74, 6) is -0.0474. The third-order valence-electron chi connectivity index (χ3n) is 3.50. The van der Waals surface area contributed by atoms with E-state index in [2.05, 4.69) is 22.3 Å². The normalized spacial score (nSPS) is 10.3. The Morgan fingerprint density at radius 1 is 1.04 bits per heavy atom. The summed E-state index contributed by atoms with van der Waals surface area (Å²) >= 11 is 5.84. The zero-order valence-electron chi connectivity index (χ0n) is 13.5. The molecule has 0 unspecified atom stereocenters. The predicted octanol–water partition coefficient (Wildman–Crippen LogP) is 3.20. The highest BCUT2D eigenvalue weighted by atomic mass is 35.5. The summed E-state index contributed by atoms with van der Waals surface area (Å²) in [6.07, 6.45) is 0.898. The van der Waals surface area contributed by atoms with Crippen LogP contribution in [0.4, 0.5) is 5.69 Å². The largest absolute Gasteiger partial charge is 0.329 e. The summed E-state index contributed by atoms with van der Waals surface area (Å²) in [7, 11) is 0. The first-order chi connectivity index (χ1) is 11.2. The van der Waals surface area contributed by atoms with Crippen molar-refractivity contribution in [3.05, 3.63) is 65.2 Å². The highest BCUT2D eigenvalue weighted by Gasteiger charge is 2.10. The van der Waals surface area contributed by atoms with Gasteiger partial charge in [-0.05, 0) is 36.2 Å². The maximum absolute atomic E-state index is 12.2. The molecular weight excluding hydrogens is 345 g/mol. The van der Waals surface area contributed by atoms with Crippen LogP contribution in [-0.4, -0.2) is 37.0 Å². The molecule has 0 aliphatic carbocycles. The Labute approximate surface area is 154 Å². The standard InChI is InChI=1S/C18H22ClN3O.ClH/c19-16-6-8-17(9-7-16)21-18(23)14-22(13-11-20)12-10-15-4-2-1-3-5-15;/h1-9H,10-14,20H2,(H,21,23);1H. The first kappa shape index (κ1) is 20.5. The second kappa shape index (κ2) is 11.0. The van der Waals surface area contributed by atoms with Gasteiger partial charge < -0.3 is 11.1 Å². The van der Waals surface area contributed by atoms with Crippen LogP contribution in [0.25, 0.3) is 0 Å². The number of hydrogen-bond donors (Lipinski definition) is 2. The van der Waals surface area contributed by atoms with E-state index in [9.17, 15) is 4.79 Å². The molecule has 6 heteroatoms. The minimum atomic E-state index is -0.0474. The fourth-order valence-corrected chi connectivity index (χ4v) is 2.45. The highest BCUT2D eigenvalue weighted by Crippen LogP contribution is 2.13. The molecule has 0 saturated heterocycles. The number of carbonyl (C=O) groups excluding carboxylic acids is 1. The number of halogens is 2. The van der Waals surface area contributed by atoms with Crippen LogP contribution in [0.3, 0.4) is 0 Å². The molecule has 0 aliphatic heterocycles. The summed E-state index contributed by atoms with van der Waals surface area (Å²) in [6.45, 7) is 2.35. The maximum atomic E-state index is 12.2. The fourth-order valence-electron chi connectivity index (χ4n) is 2.32. The Morgan fingerprint density at radius 2 is 1.71 bits per heavy atom. The Hall–Kier alpha value is -1.59. The topological polar surface area (TPSA) is 58.4 Å². The zero-order valence-corrected chi connectivity index (χ0v) is 15.0. The summed E-state index contributed by atoms with van der Waals surface area (Å²) in [4.78, 5) is 14.2. The number of anilines is 1. The molecule has 0 spiro atoms. The van der Waals surface area contributed by atoms with Gasteiger partial charge in [-0.25, -0.2) is 0 Å². The summed E-state index contributed by atoms with van der Waals surface area (Å²) in [6, 6.07) is 17.3. The van der Waals surface area contributed by atoms with Gasteiger partial charge in [0.2, 0.25) is 5.91 Å². The van der Waals surface area contributed by atoms with Gasteiger partial charge in [0, 0.05) is 30.3 Å². The molecule has 0 heterocycles. The van der Waals surface area contributed by atoms with Crippen molar-refractivity contribution in [2.45, 2.75) is 6.42 Å². The smallest absolute Gasteiger partial charge is 0.238 e. The van der Waals surface area contributed by atoms with Crippen LogP contribution in [0.15, 0.2) is 54.6 Å². The average Bonchev–Trinajstić information content (AvgIpc) is 2.56. The van der Waals surface area contributed by atoms with Gasteiger partial charge in [-0.2, -0.15) is 0 Å². The van der Waals surface area contributed by atoms with E-state index >= 15 is 0 Å². The van der Waals surface area contributed by atoms with Gasteiger partial charge in [-0.1, -0.05) is 41.9 Å². The number of nitrogens with one attached hydrogen (secondary N) is 1. The molecule has 0 aromatic heterocycles. The highest BCUT2D eigenvalue weighted by molar-refractivity contribution is 6.30. The van der Waals surface area contributed by atoms with E-state index in [1.807, 2.05) is 18.2 Å². The van der Waals surface area contributed by atoms with Crippen LogP contribution < -0.4 is 11.1 Å². The number of carbonyl (C=O) groups is 1. The molecule has 0 aliphatic rings. The molecule has 0 fully saturated rings. The average molecular weight is 368 g/mol. The Morgan fingerprint density at radius 3 is 2.33 bits per heavy atom. The van der Waals surface area contributed by atoms with Crippen molar-refractivity contribution in [3.63, 3.8) is 0 Å². The van der Waals surface area contributed by atoms with Crippen LogP contribution in [0.1, 0.15) is 5.56 Å². The van der Waals surface area contributed by atoms with Crippen LogP contribution in [0.2, 0.25) is 5.02 Å². The van der Waals surface area contributed by atoms with Crippen molar-refractivity contribution < 1.29 is 4.79 Å². The van der Waals surface area contributed by atoms with Crippen molar-refractivity contribution >= 4 is 35.6 Å². The van der Waals surface area contributed by atoms with Gasteiger partial charge in [0.15, 0.2) is 0 Å². The number of amides is 1. The van der Waals surface area contributed by atoms with E-state index in [1.54, 1.807) is 24.3 Å². The van der Waals surface area contributed by atoms with E-state index in [4.69, 9.17) is 17.3 Å². The number of nitrogens with zero attached hydrogens (tertiary/aromatic N) is 1. The molecule has 24 heavy (non-hydrogen) atoms. The third kappa shape index (κ3) is 7.32. The van der Waals surface area contributed by atoms with Gasteiger partial charge in [0.05, 0.1) is 6.54 Å². The minimum Gasteiger partial charge on any atom is -0.329 e. The molecule has 3 N–H and O–H groups in total. The first-order valence-electron chi connectivity index (χ1n) is 7.69. The third-order valence-corrected chi connectivity index (χ3v) is 3.75. The van der Waals surface area contributed by atoms with Gasteiger partial charge >= 0.3 is 0 Å². The lowest BCUT2D eigenvalue weighted by Crippen LogP contribution is -2.37. The second-order valence-corrected chi connectivity index (χ2v) is 5.79. The molecular formula is C18H23Cl2N3O. The van der Waals surface area contributed by atoms with Crippen LogP contribution in [0, 0.1) is 0 Å². The lowest BCUT2D eigenvalue weighted by atomic mass is 10.1. The van der Waals surface area contributed by atoms with E-state index in [-0.39, 0.29) is 18.3 Å². The van der Waals surface area contributed by atoms with Crippen molar-refractivity contribution in [2.75, 3.05) is 31.5 Å². The van der Waals surface area contributed by atoms with Crippen LogP contribution >= 0.6 is 24.0 Å². The Kier molecular flexibility index (Phi) is 9.42. The molecule has 0 atom stereocenters. The van der Waals surface area contributed by atoms with Gasteiger partial charge in [-0.3, -0.25) is 9.69 Å². The quantitative estimate of drug-likeness (QED) is 0.752. The fraction of sp³-hybridized carbons (Fsp3) is 0.278. The van der Waals surface area contributed by atoms with Crippen molar-refractivity contribution in [1.29, 1.82) is 0 Å². The van der Waals surface area contributed by atoms with Crippen LogP contribution in [0.5, 0.6) is 0 Å². The maximum Gasteiger partial charge on any atom is 0.238 e. The molecule has 0 radical (unpaired) electrons. The first-order valence-corrected chi connectivity index (χ1v) is 8.07. The summed E-state index contributed by atoms with van der Waals surface area (Å²) in [5, 5.41) is 3.52.